The van der Waals surface area contributed by atoms with Crippen LogP contribution in [0.3, 0.4) is 0 Å². The number of ketones is 1. The fourth-order valence-corrected chi connectivity index (χ4v) is 1.69. The standard InChI is InChI=1S/C9H11N3O2/c1-7-9(14)8(12(7)6-13)5-11-4-2-3-10-11/h2-4,6-8H,5H2,1H3/t7?,8-/m0/s1. The van der Waals surface area contributed by atoms with Gasteiger partial charge in [-0.3, -0.25) is 14.3 Å². The van der Waals surface area contributed by atoms with Crippen molar-refractivity contribution in [3.05, 3.63) is 18.5 Å². The highest BCUT2D eigenvalue weighted by molar-refractivity contribution is 5.97. The van der Waals surface area contributed by atoms with Crippen molar-refractivity contribution in [1.82, 2.24) is 14.7 Å². The second-order valence-electron chi connectivity index (χ2n) is 3.37. The van der Waals surface area contributed by atoms with Gasteiger partial charge in [-0.05, 0) is 13.0 Å². The van der Waals surface area contributed by atoms with Crippen molar-refractivity contribution in [2.24, 2.45) is 0 Å². The SMILES string of the molecule is CC1C(=O)[C@H](Cn2cccn2)N1C=O. The monoisotopic (exact) mass is 193 g/mol. The maximum atomic E-state index is 11.4. The maximum Gasteiger partial charge on any atom is 0.210 e. The lowest BCUT2D eigenvalue weighted by Crippen LogP contribution is -2.64. The number of hydrogen-bond acceptors (Lipinski definition) is 3. The van der Waals surface area contributed by atoms with E-state index in [-0.39, 0.29) is 17.9 Å². The third-order valence-corrected chi connectivity index (χ3v) is 2.59. The molecule has 0 bridgehead atoms. The zero-order chi connectivity index (χ0) is 10.1. The van der Waals surface area contributed by atoms with Gasteiger partial charge in [0.1, 0.15) is 6.04 Å². The quantitative estimate of drug-likeness (QED) is 0.618. The molecule has 0 N–H and O–H groups in total. The van der Waals surface area contributed by atoms with Crippen molar-refractivity contribution in [2.45, 2.75) is 25.6 Å². The van der Waals surface area contributed by atoms with Gasteiger partial charge in [0.15, 0.2) is 5.78 Å². The minimum absolute atomic E-state index is 0.104. The van der Waals surface area contributed by atoms with Crippen LogP contribution in [0.25, 0.3) is 0 Å². The van der Waals surface area contributed by atoms with E-state index >= 15 is 0 Å². The number of likely N-dealkylation sites (tertiary alicyclic amines) is 1. The highest BCUT2D eigenvalue weighted by Gasteiger charge is 2.43. The largest absolute Gasteiger partial charge is 0.323 e. The molecule has 2 heterocycles. The van der Waals surface area contributed by atoms with E-state index in [1.165, 1.54) is 4.90 Å². The van der Waals surface area contributed by atoms with E-state index in [4.69, 9.17) is 0 Å². The Kier molecular flexibility index (Phi) is 2.07. The van der Waals surface area contributed by atoms with Crippen molar-refractivity contribution >= 4 is 12.2 Å². The molecule has 0 saturated carbocycles. The molecule has 1 fully saturated rings. The van der Waals surface area contributed by atoms with Crippen LogP contribution in [0.5, 0.6) is 0 Å². The lowest BCUT2D eigenvalue weighted by Gasteiger charge is -2.42. The summed E-state index contributed by atoms with van der Waals surface area (Å²) in [6, 6.07) is 1.19. The molecule has 0 aromatic carbocycles. The van der Waals surface area contributed by atoms with Gasteiger partial charge >= 0.3 is 0 Å². The second-order valence-corrected chi connectivity index (χ2v) is 3.37. The number of carbonyl (C=O) groups is 2. The summed E-state index contributed by atoms with van der Waals surface area (Å²) >= 11 is 0. The summed E-state index contributed by atoms with van der Waals surface area (Å²) in [4.78, 5) is 23.6. The van der Waals surface area contributed by atoms with Crippen molar-refractivity contribution in [3.8, 4) is 0 Å². The van der Waals surface area contributed by atoms with Crippen molar-refractivity contribution in [3.63, 3.8) is 0 Å². The molecule has 1 aromatic rings. The van der Waals surface area contributed by atoms with Gasteiger partial charge in [-0.25, -0.2) is 0 Å². The summed E-state index contributed by atoms with van der Waals surface area (Å²) in [7, 11) is 0. The molecule has 5 heteroatoms. The summed E-state index contributed by atoms with van der Waals surface area (Å²) in [5.41, 5.74) is 0. The third-order valence-electron chi connectivity index (χ3n) is 2.59. The molecule has 1 saturated heterocycles. The van der Waals surface area contributed by atoms with Crippen LogP contribution in [0.4, 0.5) is 0 Å². The Hall–Kier alpha value is -1.65. The molecule has 2 atom stereocenters. The molecule has 5 nitrogen and oxygen atoms in total. The first-order valence-corrected chi connectivity index (χ1v) is 4.48. The number of Topliss-reactive ketones (excluding diaryl/α,β-unsaturated/α-hetero) is 1. The maximum absolute atomic E-state index is 11.4. The number of aromatic nitrogens is 2. The predicted molar refractivity (Wildman–Crippen MR) is 48.4 cm³/mol. The van der Waals surface area contributed by atoms with Gasteiger partial charge < -0.3 is 4.90 Å². The molecule has 0 radical (unpaired) electrons. The van der Waals surface area contributed by atoms with Gasteiger partial charge in [0.05, 0.1) is 12.6 Å². The molecule has 1 aliphatic heterocycles. The highest BCUT2D eigenvalue weighted by atomic mass is 16.2. The normalized spacial score (nSPS) is 26.1. The molecule has 14 heavy (non-hydrogen) atoms. The highest BCUT2D eigenvalue weighted by Crippen LogP contribution is 2.20. The van der Waals surface area contributed by atoms with Crippen LogP contribution in [0.2, 0.25) is 0 Å². The van der Waals surface area contributed by atoms with Gasteiger partial charge in [0, 0.05) is 12.4 Å². The molecule has 1 unspecified atom stereocenters. The van der Waals surface area contributed by atoms with Crippen molar-refractivity contribution in [2.75, 3.05) is 0 Å². The van der Waals surface area contributed by atoms with E-state index < -0.39 is 0 Å². The average molecular weight is 193 g/mol. The minimum atomic E-state index is -0.331. The summed E-state index contributed by atoms with van der Waals surface area (Å²) in [6.45, 7) is 2.19. The Labute approximate surface area is 81.3 Å². The van der Waals surface area contributed by atoms with E-state index in [0.717, 1.165) is 6.41 Å². The summed E-state index contributed by atoms with van der Waals surface area (Å²) in [6.07, 6.45) is 4.15. The molecule has 0 spiro atoms. The molecule has 1 aliphatic rings. The summed E-state index contributed by atoms with van der Waals surface area (Å²) < 4.78 is 1.66. The zero-order valence-corrected chi connectivity index (χ0v) is 7.83. The Bertz CT molecular complexity index is 347. The first-order chi connectivity index (χ1) is 6.74. The van der Waals surface area contributed by atoms with Crippen LogP contribution in [-0.2, 0) is 16.1 Å². The zero-order valence-electron chi connectivity index (χ0n) is 7.83. The predicted octanol–water partition coefficient (Wildman–Crippen LogP) is -0.319. The number of amides is 1. The van der Waals surface area contributed by atoms with E-state index in [2.05, 4.69) is 5.10 Å². The van der Waals surface area contributed by atoms with Crippen LogP contribution in [-0.4, -0.2) is 39.0 Å². The molecule has 2 rings (SSSR count). The fourth-order valence-electron chi connectivity index (χ4n) is 1.69. The lowest BCUT2D eigenvalue weighted by molar-refractivity contribution is -0.152. The average Bonchev–Trinajstić information content (AvgIpc) is 2.69. The Morgan fingerprint density at radius 3 is 3.00 bits per heavy atom. The minimum Gasteiger partial charge on any atom is -0.323 e. The number of nitrogens with zero attached hydrogens (tertiary/aromatic N) is 3. The first kappa shape index (κ1) is 8.93. The van der Waals surface area contributed by atoms with Gasteiger partial charge in [-0.15, -0.1) is 0 Å². The molecular formula is C9H11N3O2. The van der Waals surface area contributed by atoms with Crippen LogP contribution in [0, 0.1) is 0 Å². The van der Waals surface area contributed by atoms with Gasteiger partial charge in [0.25, 0.3) is 0 Å². The molecule has 1 amide bonds. The topological polar surface area (TPSA) is 55.2 Å². The van der Waals surface area contributed by atoms with Crippen LogP contribution < -0.4 is 0 Å². The molecule has 74 valence electrons. The van der Waals surface area contributed by atoms with Crippen molar-refractivity contribution < 1.29 is 9.59 Å². The molecule has 1 aromatic heterocycles. The molecular weight excluding hydrogens is 182 g/mol. The summed E-state index contributed by atoms with van der Waals surface area (Å²) in [5, 5.41) is 3.99. The summed E-state index contributed by atoms with van der Waals surface area (Å²) in [5.74, 6) is 0.104. The second kappa shape index (κ2) is 3.25. The molecule has 0 aliphatic carbocycles. The fraction of sp³-hybridized carbons (Fsp3) is 0.444. The Balaban J connectivity index is 2.05. The third kappa shape index (κ3) is 1.21. The Morgan fingerprint density at radius 2 is 2.43 bits per heavy atom. The van der Waals surface area contributed by atoms with E-state index in [1.54, 1.807) is 30.1 Å². The number of hydrogen-bond donors (Lipinski definition) is 0. The van der Waals surface area contributed by atoms with Crippen LogP contribution >= 0.6 is 0 Å². The smallest absolute Gasteiger partial charge is 0.210 e. The number of rotatable bonds is 3. The van der Waals surface area contributed by atoms with Gasteiger partial charge in [-0.2, -0.15) is 5.10 Å². The van der Waals surface area contributed by atoms with Crippen molar-refractivity contribution in [1.29, 1.82) is 0 Å². The lowest BCUT2D eigenvalue weighted by atomic mass is 9.93. The number of carbonyl (C=O) groups excluding carboxylic acids is 2. The van der Waals surface area contributed by atoms with E-state index in [0.29, 0.717) is 6.54 Å². The van der Waals surface area contributed by atoms with Gasteiger partial charge in [0.2, 0.25) is 6.41 Å². The first-order valence-electron chi connectivity index (χ1n) is 4.48. The Morgan fingerprint density at radius 1 is 1.64 bits per heavy atom. The van der Waals surface area contributed by atoms with Crippen LogP contribution in [0.1, 0.15) is 6.92 Å². The van der Waals surface area contributed by atoms with E-state index in [9.17, 15) is 9.59 Å². The van der Waals surface area contributed by atoms with Gasteiger partial charge in [-0.1, -0.05) is 0 Å². The van der Waals surface area contributed by atoms with E-state index in [1.807, 2.05) is 0 Å². The van der Waals surface area contributed by atoms with Crippen LogP contribution in [0.15, 0.2) is 18.5 Å².